The van der Waals surface area contributed by atoms with Crippen LogP contribution in [0.5, 0.6) is 0 Å². The highest BCUT2D eigenvalue weighted by Crippen LogP contribution is 2.29. The number of carbonyl (C=O) groups excluding carboxylic acids is 1. The van der Waals surface area contributed by atoms with Crippen molar-refractivity contribution in [2.75, 3.05) is 11.4 Å². The predicted octanol–water partition coefficient (Wildman–Crippen LogP) is 2.21. The Morgan fingerprint density at radius 3 is 3.00 bits per heavy atom. The summed E-state index contributed by atoms with van der Waals surface area (Å²) in [6, 6.07) is 5.55. The molecule has 1 heterocycles. The van der Waals surface area contributed by atoms with Crippen LogP contribution in [-0.2, 0) is 4.79 Å². The van der Waals surface area contributed by atoms with Gasteiger partial charge in [-0.2, -0.15) is 0 Å². The van der Waals surface area contributed by atoms with Gasteiger partial charge in [-0.1, -0.05) is 22.0 Å². The van der Waals surface area contributed by atoms with Crippen molar-refractivity contribution in [3.8, 4) is 0 Å². The van der Waals surface area contributed by atoms with E-state index in [9.17, 15) is 4.79 Å². The number of anilines is 1. The summed E-state index contributed by atoms with van der Waals surface area (Å²) in [5.74, 6) is 0.0347. The number of benzene rings is 1. The van der Waals surface area contributed by atoms with Gasteiger partial charge >= 0.3 is 0 Å². The maximum Gasteiger partial charge on any atom is 0.243 e. The second-order valence-electron chi connectivity index (χ2n) is 4.12. The Balaban J connectivity index is 2.36. The van der Waals surface area contributed by atoms with Gasteiger partial charge in [-0.15, -0.1) is 0 Å². The van der Waals surface area contributed by atoms with Gasteiger partial charge in [-0.05, 0) is 37.5 Å². The lowest BCUT2D eigenvalue weighted by atomic mass is 10.0. The normalized spacial score (nSPS) is 21.3. The van der Waals surface area contributed by atoms with Gasteiger partial charge in [-0.3, -0.25) is 4.79 Å². The molecule has 0 bridgehead atoms. The molecular weight excluding hydrogens is 268 g/mol. The molecule has 1 aromatic carbocycles. The molecule has 1 fully saturated rings. The van der Waals surface area contributed by atoms with Crippen LogP contribution in [0.2, 0.25) is 0 Å². The first-order valence-corrected chi connectivity index (χ1v) is 6.22. The fourth-order valence-corrected chi connectivity index (χ4v) is 2.39. The van der Waals surface area contributed by atoms with Gasteiger partial charge in [-0.25, -0.2) is 0 Å². The van der Waals surface area contributed by atoms with Crippen molar-refractivity contribution in [1.29, 1.82) is 0 Å². The van der Waals surface area contributed by atoms with E-state index in [1.807, 2.05) is 25.1 Å². The van der Waals surface area contributed by atoms with E-state index < -0.39 is 0 Å². The number of hydrogen-bond donors (Lipinski definition) is 1. The largest absolute Gasteiger partial charge is 0.320 e. The molecule has 0 spiro atoms. The van der Waals surface area contributed by atoms with Crippen LogP contribution >= 0.6 is 15.9 Å². The molecule has 1 unspecified atom stereocenters. The Labute approximate surface area is 104 Å². The van der Waals surface area contributed by atoms with Gasteiger partial charge in [0.25, 0.3) is 0 Å². The molecule has 1 amide bonds. The lowest BCUT2D eigenvalue weighted by Crippen LogP contribution is -2.48. The van der Waals surface area contributed by atoms with Crippen molar-refractivity contribution in [2.24, 2.45) is 5.73 Å². The maximum atomic E-state index is 12.0. The Hall–Kier alpha value is -0.870. The number of carbonyl (C=O) groups is 1. The SMILES string of the molecule is Cc1c(Br)cccc1N1CCCC(N)C1=O. The van der Waals surface area contributed by atoms with Gasteiger partial charge in [0, 0.05) is 16.7 Å². The standard InChI is InChI=1S/C12H15BrN2O/c1-8-9(13)4-2-6-11(8)15-7-3-5-10(14)12(15)16/h2,4,6,10H,3,5,7,14H2,1H3. The highest BCUT2D eigenvalue weighted by Gasteiger charge is 2.27. The van der Waals surface area contributed by atoms with Crippen LogP contribution < -0.4 is 10.6 Å². The van der Waals surface area contributed by atoms with E-state index in [-0.39, 0.29) is 11.9 Å². The summed E-state index contributed by atoms with van der Waals surface area (Å²) in [7, 11) is 0. The molecular formula is C12H15BrN2O. The van der Waals surface area contributed by atoms with Crippen LogP contribution in [0.15, 0.2) is 22.7 Å². The summed E-state index contributed by atoms with van der Waals surface area (Å²) in [6.45, 7) is 2.77. The molecule has 0 radical (unpaired) electrons. The first kappa shape index (κ1) is 11.6. The molecule has 16 heavy (non-hydrogen) atoms. The molecule has 1 atom stereocenters. The van der Waals surface area contributed by atoms with Crippen LogP contribution in [0, 0.1) is 6.92 Å². The Kier molecular flexibility index (Phi) is 3.30. The quantitative estimate of drug-likeness (QED) is 0.859. The zero-order chi connectivity index (χ0) is 11.7. The van der Waals surface area contributed by atoms with Crippen molar-refractivity contribution in [3.63, 3.8) is 0 Å². The average molecular weight is 283 g/mol. The number of piperidine rings is 1. The third-order valence-corrected chi connectivity index (χ3v) is 3.87. The summed E-state index contributed by atoms with van der Waals surface area (Å²) in [5, 5.41) is 0. The minimum atomic E-state index is -0.341. The molecule has 0 aliphatic carbocycles. The van der Waals surface area contributed by atoms with E-state index >= 15 is 0 Å². The molecule has 2 N–H and O–H groups in total. The average Bonchev–Trinajstić information content (AvgIpc) is 2.27. The topological polar surface area (TPSA) is 46.3 Å². The number of hydrogen-bond acceptors (Lipinski definition) is 2. The Morgan fingerprint density at radius 2 is 2.25 bits per heavy atom. The van der Waals surface area contributed by atoms with Crippen molar-refractivity contribution >= 4 is 27.5 Å². The summed E-state index contributed by atoms with van der Waals surface area (Å²) < 4.78 is 1.02. The van der Waals surface area contributed by atoms with Crippen LogP contribution in [0.4, 0.5) is 5.69 Å². The van der Waals surface area contributed by atoms with E-state index in [1.54, 1.807) is 4.90 Å². The zero-order valence-corrected chi connectivity index (χ0v) is 10.8. The van der Waals surface area contributed by atoms with Crippen molar-refractivity contribution in [2.45, 2.75) is 25.8 Å². The van der Waals surface area contributed by atoms with Crippen LogP contribution in [-0.4, -0.2) is 18.5 Å². The van der Waals surface area contributed by atoms with E-state index in [0.717, 1.165) is 35.1 Å². The smallest absolute Gasteiger partial charge is 0.243 e. The van der Waals surface area contributed by atoms with Crippen molar-refractivity contribution < 1.29 is 4.79 Å². The summed E-state index contributed by atoms with van der Waals surface area (Å²) in [6.07, 6.45) is 1.77. The molecule has 1 aliphatic rings. The Bertz CT molecular complexity index is 419. The van der Waals surface area contributed by atoms with E-state index in [4.69, 9.17) is 5.73 Å². The van der Waals surface area contributed by atoms with Crippen LogP contribution in [0.3, 0.4) is 0 Å². The number of rotatable bonds is 1. The van der Waals surface area contributed by atoms with Crippen molar-refractivity contribution in [3.05, 3.63) is 28.2 Å². The second kappa shape index (κ2) is 4.55. The molecule has 2 rings (SSSR count). The molecule has 1 aromatic rings. The van der Waals surface area contributed by atoms with Gasteiger partial charge in [0.05, 0.1) is 6.04 Å². The number of nitrogens with zero attached hydrogens (tertiary/aromatic N) is 1. The summed E-state index contributed by atoms with van der Waals surface area (Å²) in [4.78, 5) is 13.8. The fourth-order valence-electron chi connectivity index (χ4n) is 2.03. The van der Waals surface area contributed by atoms with Crippen molar-refractivity contribution in [1.82, 2.24) is 0 Å². The molecule has 86 valence electrons. The van der Waals surface area contributed by atoms with E-state index in [0.29, 0.717) is 0 Å². The van der Waals surface area contributed by atoms with E-state index in [2.05, 4.69) is 15.9 Å². The minimum Gasteiger partial charge on any atom is -0.320 e. The predicted molar refractivity (Wildman–Crippen MR) is 68.4 cm³/mol. The molecule has 3 nitrogen and oxygen atoms in total. The summed E-state index contributed by atoms with van der Waals surface area (Å²) in [5.41, 5.74) is 7.85. The number of halogens is 1. The maximum absolute atomic E-state index is 12.0. The molecule has 0 saturated carbocycles. The molecule has 4 heteroatoms. The van der Waals surface area contributed by atoms with E-state index in [1.165, 1.54) is 0 Å². The highest BCUT2D eigenvalue weighted by atomic mass is 79.9. The van der Waals surface area contributed by atoms with Gasteiger partial charge in [0.1, 0.15) is 0 Å². The zero-order valence-electron chi connectivity index (χ0n) is 9.24. The second-order valence-corrected chi connectivity index (χ2v) is 4.98. The number of nitrogens with two attached hydrogens (primary N) is 1. The van der Waals surface area contributed by atoms with Crippen LogP contribution in [0.25, 0.3) is 0 Å². The highest BCUT2D eigenvalue weighted by molar-refractivity contribution is 9.10. The van der Waals surface area contributed by atoms with Crippen LogP contribution in [0.1, 0.15) is 18.4 Å². The monoisotopic (exact) mass is 282 g/mol. The van der Waals surface area contributed by atoms with Gasteiger partial charge in [0.15, 0.2) is 0 Å². The minimum absolute atomic E-state index is 0.0347. The van der Waals surface area contributed by atoms with Gasteiger partial charge < -0.3 is 10.6 Å². The third kappa shape index (κ3) is 1.99. The fraction of sp³-hybridized carbons (Fsp3) is 0.417. The molecule has 1 aliphatic heterocycles. The number of amides is 1. The molecule has 1 saturated heterocycles. The summed E-state index contributed by atoms with van der Waals surface area (Å²) >= 11 is 3.48. The first-order valence-electron chi connectivity index (χ1n) is 5.43. The third-order valence-electron chi connectivity index (χ3n) is 3.01. The lowest BCUT2D eigenvalue weighted by Gasteiger charge is -2.31. The molecule has 0 aromatic heterocycles. The van der Waals surface area contributed by atoms with Gasteiger partial charge in [0.2, 0.25) is 5.91 Å². The lowest BCUT2D eigenvalue weighted by molar-refractivity contribution is -0.120. The Morgan fingerprint density at radius 1 is 1.50 bits per heavy atom. The first-order chi connectivity index (χ1) is 7.61.